The Bertz CT molecular complexity index is 269. The standard InChI is InChI=1S/C11H18N2/c1-9(13(3)4)10-7-5-6-8-11(10)12-2/h5-9,12H,1-4H3. The molecule has 0 saturated carbocycles. The van der Waals surface area contributed by atoms with Gasteiger partial charge in [0.05, 0.1) is 0 Å². The highest BCUT2D eigenvalue weighted by atomic mass is 15.1. The van der Waals surface area contributed by atoms with E-state index in [9.17, 15) is 0 Å². The SMILES string of the molecule is CNc1ccccc1C(C)N(C)C. The highest BCUT2D eigenvalue weighted by Crippen LogP contribution is 2.24. The van der Waals surface area contributed by atoms with Crippen molar-refractivity contribution in [1.29, 1.82) is 0 Å². The van der Waals surface area contributed by atoms with E-state index in [0.29, 0.717) is 6.04 Å². The van der Waals surface area contributed by atoms with Crippen LogP contribution in [0, 0.1) is 0 Å². The van der Waals surface area contributed by atoms with Gasteiger partial charge in [0.15, 0.2) is 0 Å². The van der Waals surface area contributed by atoms with Gasteiger partial charge in [0.2, 0.25) is 0 Å². The predicted molar refractivity (Wildman–Crippen MR) is 58.1 cm³/mol. The lowest BCUT2D eigenvalue weighted by Gasteiger charge is -2.22. The molecule has 1 rings (SSSR count). The molecule has 0 spiro atoms. The summed E-state index contributed by atoms with van der Waals surface area (Å²) in [4.78, 5) is 2.20. The van der Waals surface area contributed by atoms with Crippen LogP contribution in [0.5, 0.6) is 0 Å². The van der Waals surface area contributed by atoms with Crippen LogP contribution in [-0.2, 0) is 0 Å². The zero-order valence-electron chi connectivity index (χ0n) is 8.83. The Balaban J connectivity index is 2.98. The number of hydrogen-bond acceptors (Lipinski definition) is 2. The Morgan fingerprint density at radius 3 is 2.38 bits per heavy atom. The van der Waals surface area contributed by atoms with Gasteiger partial charge in [-0.25, -0.2) is 0 Å². The molecule has 1 atom stereocenters. The summed E-state index contributed by atoms with van der Waals surface area (Å²) < 4.78 is 0. The van der Waals surface area contributed by atoms with Crippen LogP contribution in [0.4, 0.5) is 5.69 Å². The van der Waals surface area contributed by atoms with Crippen molar-refractivity contribution in [3.05, 3.63) is 29.8 Å². The van der Waals surface area contributed by atoms with E-state index in [-0.39, 0.29) is 0 Å². The Morgan fingerprint density at radius 1 is 1.23 bits per heavy atom. The Hall–Kier alpha value is -1.02. The van der Waals surface area contributed by atoms with Crippen molar-refractivity contribution >= 4 is 5.69 Å². The van der Waals surface area contributed by atoms with Gasteiger partial charge in [-0.2, -0.15) is 0 Å². The van der Waals surface area contributed by atoms with Crippen LogP contribution >= 0.6 is 0 Å². The molecule has 0 aliphatic rings. The molecule has 72 valence electrons. The van der Waals surface area contributed by atoms with Crippen LogP contribution in [-0.4, -0.2) is 26.0 Å². The molecule has 0 radical (unpaired) electrons. The average Bonchev–Trinajstić information content (AvgIpc) is 2.16. The molecule has 1 aromatic rings. The maximum atomic E-state index is 3.20. The lowest BCUT2D eigenvalue weighted by Crippen LogP contribution is -2.17. The molecule has 0 aliphatic carbocycles. The molecule has 13 heavy (non-hydrogen) atoms. The molecule has 0 heterocycles. The maximum absolute atomic E-state index is 3.20. The molecule has 0 fully saturated rings. The molecule has 0 bridgehead atoms. The molecule has 2 heteroatoms. The number of rotatable bonds is 3. The van der Waals surface area contributed by atoms with E-state index in [1.54, 1.807) is 0 Å². The summed E-state index contributed by atoms with van der Waals surface area (Å²) in [6, 6.07) is 8.85. The van der Waals surface area contributed by atoms with Crippen molar-refractivity contribution < 1.29 is 0 Å². The van der Waals surface area contributed by atoms with Crippen molar-refractivity contribution in [3.8, 4) is 0 Å². The maximum Gasteiger partial charge on any atom is 0.0386 e. The summed E-state index contributed by atoms with van der Waals surface area (Å²) in [6.07, 6.45) is 0. The van der Waals surface area contributed by atoms with Crippen LogP contribution in [0.25, 0.3) is 0 Å². The summed E-state index contributed by atoms with van der Waals surface area (Å²) in [5.41, 5.74) is 2.55. The molecular weight excluding hydrogens is 160 g/mol. The first-order chi connectivity index (χ1) is 6.16. The van der Waals surface area contributed by atoms with Crippen molar-refractivity contribution in [2.24, 2.45) is 0 Å². The third kappa shape index (κ3) is 2.22. The van der Waals surface area contributed by atoms with Gasteiger partial charge in [0.1, 0.15) is 0 Å². The van der Waals surface area contributed by atoms with Crippen LogP contribution in [0.15, 0.2) is 24.3 Å². The number of nitrogens with zero attached hydrogens (tertiary/aromatic N) is 1. The minimum Gasteiger partial charge on any atom is -0.388 e. The first-order valence-electron chi connectivity index (χ1n) is 4.60. The van der Waals surface area contributed by atoms with Crippen molar-refractivity contribution in [1.82, 2.24) is 4.90 Å². The van der Waals surface area contributed by atoms with E-state index in [1.165, 1.54) is 11.3 Å². The number of nitrogens with one attached hydrogen (secondary N) is 1. The summed E-state index contributed by atoms with van der Waals surface area (Å²) in [6.45, 7) is 2.20. The zero-order chi connectivity index (χ0) is 9.84. The van der Waals surface area contributed by atoms with Gasteiger partial charge in [-0.3, -0.25) is 0 Å². The number of anilines is 1. The zero-order valence-corrected chi connectivity index (χ0v) is 8.83. The highest BCUT2D eigenvalue weighted by Gasteiger charge is 2.10. The summed E-state index contributed by atoms with van der Waals surface area (Å²) >= 11 is 0. The van der Waals surface area contributed by atoms with Crippen molar-refractivity contribution in [2.75, 3.05) is 26.5 Å². The van der Waals surface area contributed by atoms with E-state index in [1.807, 2.05) is 7.05 Å². The summed E-state index contributed by atoms with van der Waals surface area (Å²) in [5, 5.41) is 3.20. The molecule has 0 aromatic heterocycles. The fourth-order valence-corrected chi connectivity index (χ4v) is 1.37. The summed E-state index contributed by atoms with van der Waals surface area (Å²) in [7, 11) is 6.15. The number of benzene rings is 1. The van der Waals surface area contributed by atoms with Crippen LogP contribution in [0.3, 0.4) is 0 Å². The lowest BCUT2D eigenvalue weighted by atomic mass is 10.1. The first-order valence-corrected chi connectivity index (χ1v) is 4.60. The molecule has 2 nitrogen and oxygen atoms in total. The van der Waals surface area contributed by atoms with Gasteiger partial charge in [0, 0.05) is 18.8 Å². The third-order valence-electron chi connectivity index (χ3n) is 2.45. The second-order valence-corrected chi connectivity index (χ2v) is 3.48. The smallest absolute Gasteiger partial charge is 0.0386 e. The second-order valence-electron chi connectivity index (χ2n) is 3.48. The van der Waals surface area contributed by atoms with Gasteiger partial charge in [-0.15, -0.1) is 0 Å². The van der Waals surface area contributed by atoms with Crippen molar-refractivity contribution in [3.63, 3.8) is 0 Å². The molecule has 1 unspecified atom stereocenters. The van der Waals surface area contributed by atoms with Gasteiger partial charge in [-0.05, 0) is 32.6 Å². The average molecular weight is 178 g/mol. The second kappa shape index (κ2) is 4.28. The molecule has 0 amide bonds. The Kier molecular flexibility index (Phi) is 3.32. The largest absolute Gasteiger partial charge is 0.388 e. The van der Waals surface area contributed by atoms with E-state index in [4.69, 9.17) is 0 Å². The topological polar surface area (TPSA) is 15.3 Å². The van der Waals surface area contributed by atoms with E-state index in [2.05, 4.69) is 55.5 Å². The first kappa shape index (κ1) is 10.1. The molecule has 0 saturated heterocycles. The van der Waals surface area contributed by atoms with Gasteiger partial charge in [-0.1, -0.05) is 18.2 Å². The predicted octanol–water partition coefficient (Wildman–Crippen LogP) is 2.35. The Labute approximate surface area is 80.6 Å². The summed E-state index contributed by atoms with van der Waals surface area (Å²) in [5.74, 6) is 0. The Morgan fingerprint density at radius 2 is 1.85 bits per heavy atom. The van der Waals surface area contributed by atoms with Gasteiger partial charge < -0.3 is 10.2 Å². The van der Waals surface area contributed by atoms with E-state index in [0.717, 1.165) is 0 Å². The third-order valence-corrected chi connectivity index (χ3v) is 2.45. The highest BCUT2D eigenvalue weighted by molar-refractivity contribution is 5.51. The minimum atomic E-state index is 0.448. The molecule has 0 aliphatic heterocycles. The normalized spacial score (nSPS) is 13.0. The van der Waals surface area contributed by atoms with Crippen molar-refractivity contribution in [2.45, 2.75) is 13.0 Å². The monoisotopic (exact) mass is 178 g/mol. The number of hydrogen-bond donors (Lipinski definition) is 1. The molecule has 1 N–H and O–H groups in total. The van der Waals surface area contributed by atoms with Crippen LogP contribution < -0.4 is 5.32 Å². The van der Waals surface area contributed by atoms with Gasteiger partial charge in [0.25, 0.3) is 0 Å². The van der Waals surface area contributed by atoms with E-state index >= 15 is 0 Å². The lowest BCUT2D eigenvalue weighted by molar-refractivity contribution is 0.322. The minimum absolute atomic E-state index is 0.448. The fraction of sp³-hybridized carbons (Fsp3) is 0.455. The quantitative estimate of drug-likeness (QED) is 0.764. The number of para-hydroxylation sites is 1. The van der Waals surface area contributed by atoms with Crippen LogP contribution in [0.2, 0.25) is 0 Å². The van der Waals surface area contributed by atoms with E-state index < -0.39 is 0 Å². The van der Waals surface area contributed by atoms with Crippen LogP contribution in [0.1, 0.15) is 18.5 Å². The fourth-order valence-electron chi connectivity index (χ4n) is 1.37. The molecule has 1 aromatic carbocycles. The van der Waals surface area contributed by atoms with Gasteiger partial charge >= 0.3 is 0 Å². The molecular formula is C11H18N2.